The molecular weight excluding hydrogens is 510 g/mol. The molecule has 0 bridgehead atoms. The fourth-order valence-electron chi connectivity index (χ4n) is 5.97. The van der Waals surface area contributed by atoms with E-state index in [0.717, 1.165) is 57.1 Å². The van der Waals surface area contributed by atoms with Gasteiger partial charge in [0.05, 0.1) is 0 Å². The van der Waals surface area contributed by atoms with Crippen molar-refractivity contribution < 1.29 is 17.2 Å². The highest BCUT2D eigenvalue weighted by Crippen LogP contribution is 2.36. The van der Waals surface area contributed by atoms with Crippen molar-refractivity contribution in [2.45, 2.75) is 61.8 Å². The van der Waals surface area contributed by atoms with Gasteiger partial charge >= 0.3 is 0 Å². The van der Waals surface area contributed by atoms with E-state index in [1.54, 1.807) is 23.5 Å². The summed E-state index contributed by atoms with van der Waals surface area (Å²) < 4.78 is 55.4. The van der Waals surface area contributed by atoms with Crippen molar-refractivity contribution in [3.63, 3.8) is 0 Å². The minimum atomic E-state index is -3.84. The number of thiophene rings is 1. The predicted octanol–water partition coefficient (Wildman–Crippen LogP) is 6.04. The third kappa shape index (κ3) is 6.48. The van der Waals surface area contributed by atoms with Gasteiger partial charge in [-0.15, -0.1) is 0 Å². The maximum atomic E-state index is 13.9. The van der Waals surface area contributed by atoms with E-state index in [2.05, 4.69) is 26.9 Å². The summed E-state index contributed by atoms with van der Waals surface area (Å²) in [5, 5.41) is 8.18. The third-order valence-corrected chi connectivity index (χ3v) is 10.3. The molecule has 2 atom stereocenters. The van der Waals surface area contributed by atoms with Gasteiger partial charge < -0.3 is 5.32 Å². The van der Waals surface area contributed by atoms with E-state index in [0.29, 0.717) is 24.4 Å². The first kappa shape index (κ1) is 26.5. The Kier molecular flexibility index (Phi) is 8.39. The number of hydrogen-bond acceptors (Lipinski definition) is 4. The summed E-state index contributed by atoms with van der Waals surface area (Å²) in [6, 6.07) is 13.3. The summed E-state index contributed by atoms with van der Waals surface area (Å²) in [5.74, 6) is 0.254. The number of benzene rings is 2. The van der Waals surface area contributed by atoms with E-state index in [9.17, 15) is 17.2 Å². The summed E-state index contributed by atoms with van der Waals surface area (Å²) in [7, 11) is -3.84. The number of fused-ring (bicyclic) bond motifs is 1. The smallest absolute Gasteiger partial charge is 0.243 e. The van der Waals surface area contributed by atoms with Crippen molar-refractivity contribution in [2.24, 2.45) is 11.8 Å². The number of rotatable bonds is 9. The van der Waals surface area contributed by atoms with Gasteiger partial charge in [-0.2, -0.15) is 11.3 Å². The lowest BCUT2D eigenvalue weighted by molar-refractivity contribution is 0.252. The molecule has 2 aromatic carbocycles. The Labute approximate surface area is 222 Å². The van der Waals surface area contributed by atoms with Crippen LogP contribution < -0.4 is 10.0 Å². The SMILES string of the molecule is O=S(=O)(NCC1CCC(CNC2CCc3cc(F)ccc3C2Cc2ccsc2)CC1)c1ccccc1F. The maximum Gasteiger partial charge on any atom is 0.243 e. The zero-order valence-electron chi connectivity index (χ0n) is 20.8. The van der Waals surface area contributed by atoms with Crippen molar-refractivity contribution in [1.29, 1.82) is 0 Å². The first-order chi connectivity index (χ1) is 17.9. The van der Waals surface area contributed by atoms with E-state index in [1.807, 2.05) is 6.07 Å². The highest BCUT2D eigenvalue weighted by molar-refractivity contribution is 7.89. The van der Waals surface area contributed by atoms with Crippen molar-refractivity contribution in [2.75, 3.05) is 13.1 Å². The summed E-state index contributed by atoms with van der Waals surface area (Å²) in [6.45, 7) is 1.28. The Morgan fingerprint density at radius 1 is 0.919 bits per heavy atom. The highest BCUT2D eigenvalue weighted by atomic mass is 32.2. The van der Waals surface area contributed by atoms with Gasteiger partial charge in [0, 0.05) is 18.5 Å². The van der Waals surface area contributed by atoms with Gasteiger partial charge in [-0.25, -0.2) is 21.9 Å². The number of halogens is 2. The molecule has 0 radical (unpaired) electrons. The topological polar surface area (TPSA) is 58.2 Å². The van der Waals surface area contributed by atoms with Crippen LogP contribution in [0.15, 0.2) is 64.2 Å². The van der Waals surface area contributed by atoms with Crippen LogP contribution in [0.1, 0.15) is 54.7 Å². The third-order valence-electron chi connectivity index (χ3n) is 8.07. The largest absolute Gasteiger partial charge is 0.313 e. The number of aryl methyl sites for hydroxylation is 1. The van der Waals surface area contributed by atoms with Crippen molar-refractivity contribution in [3.8, 4) is 0 Å². The number of sulfonamides is 1. The molecular formula is C29H34F2N2O2S2. The van der Waals surface area contributed by atoms with Crippen molar-refractivity contribution in [3.05, 3.63) is 87.6 Å². The second-order valence-corrected chi connectivity index (χ2v) is 13.0. The Hall–Kier alpha value is -2.13. The summed E-state index contributed by atoms with van der Waals surface area (Å²) >= 11 is 1.71. The quantitative estimate of drug-likeness (QED) is 0.345. The van der Waals surface area contributed by atoms with Gasteiger partial charge in [0.2, 0.25) is 10.0 Å². The Morgan fingerprint density at radius 2 is 1.68 bits per heavy atom. The Bertz CT molecular complexity index is 1290. The van der Waals surface area contributed by atoms with Crippen LogP contribution in [-0.2, 0) is 22.9 Å². The van der Waals surface area contributed by atoms with E-state index in [-0.39, 0.29) is 16.6 Å². The summed E-state index contributed by atoms with van der Waals surface area (Å²) in [4.78, 5) is -0.290. The van der Waals surface area contributed by atoms with Crippen LogP contribution in [0, 0.1) is 23.5 Å². The maximum absolute atomic E-state index is 13.9. The molecule has 3 aromatic rings. The molecule has 0 amide bonds. The van der Waals surface area contributed by atoms with Crippen LogP contribution in [0.25, 0.3) is 0 Å². The average Bonchev–Trinajstić information content (AvgIpc) is 3.41. The minimum Gasteiger partial charge on any atom is -0.313 e. The van der Waals surface area contributed by atoms with Gasteiger partial charge in [0.15, 0.2) is 0 Å². The molecule has 1 fully saturated rings. The second kappa shape index (κ2) is 11.7. The Morgan fingerprint density at radius 3 is 2.41 bits per heavy atom. The molecule has 8 heteroatoms. The molecule has 0 aliphatic heterocycles. The number of hydrogen-bond donors (Lipinski definition) is 2. The predicted molar refractivity (Wildman–Crippen MR) is 144 cm³/mol. The zero-order chi connectivity index (χ0) is 25.8. The molecule has 2 aliphatic rings. The molecule has 2 unspecified atom stereocenters. The summed E-state index contributed by atoms with van der Waals surface area (Å²) in [5.41, 5.74) is 3.73. The lowest BCUT2D eigenvalue weighted by Gasteiger charge is -2.36. The fraction of sp³-hybridized carbons (Fsp3) is 0.448. The Balaban J connectivity index is 1.14. The van der Waals surface area contributed by atoms with E-state index < -0.39 is 15.8 Å². The first-order valence-corrected chi connectivity index (χ1v) is 15.6. The molecule has 37 heavy (non-hydrogen) atoms. The molecule has 1 saturated carbocycles. The van der Waals surface area contributed by atoms with Crippen molar-refractivity contribution in [1.82, 2.24) is 10.0 Å². The molecule has 2 aliphatic carbocycles. The van der Waals surface area contributed by atoms with Gasteiger partial charge in [-0.1, -0.05) is 18.2 Å². The molecule has 5 rings (SSSR count). The van der Waals surface area contributed by atoms with Crippen LogP contribution >= 0.6 is 11.3 Å². The fourth-order valence-corrected chi connectivity index (χ4v) is 7.84. The minimum absolute atomic E-state index is 0.160. The van der Waals surface area contributed by atoms with Gasteiger partial charge in [0.25, 0.3) is 0 Å². The van der Waals surface area contributed by atoms with Crippen LogP contribution in [0.4, 0.5) is 8.78 Å². The average molecular weight is 545 g/mol. The normalized spacial score (nSPS) is 24.1. The molecule has 0 spiro atoms. The van der Waals surface area contributed by atoms with E-state index in [1.165, 1.54) is 35.4 Å². The van der Waals surface area contributed by atoms with E-state index >= 15 is 0 Å². The van der Waals surface area contributed by atoms with Gasteiger partial charge in [-0.05, 0) is 121 Å². The molecule has 198 valence electrons. The lowest BCUT2D eigenvalue weighted by Crippen LogP contribution is -2.42. The second-order valence-electron chi connectivity index (χ2n) is 10.5. The highest BCUT2D eigenvalue weighted by Gasteiger charge is 2.31. The molecule has 0 saturated heterocycles. The van der Waals surface area contributed by atoms with E-state index in [4.69, 9.17) is 0 Å². The van der Waals surface area contributed by atoms with Crippen LogP contribution in [0.2, 0.25) is 0 Å². The van der Waals surface area contributed by atoms with Crippen molar-refractivity contribution >= 4 is 21.4 Å². The standard InChI is InChI=1S/C29H34F2N2O2S2/c30-24-10-11-25-23(16-24)9-12-28(26(25)15-22-13-14-36-19-22)32-17-20-5-7-21(8-6-20)18-33-37(34,35)29-4-2-1-3-27(29)31/h1-4,10-11,13-14,16,19-21,26,28,32-33H,5-9,12,15,17-18H2. The first-order valence-electron chi connectivity index (χ1n) is 13.2. The molecule has 2 N–H and O–H groups in total. The zero-order valence-corrected chi connectivity index (χ0v) is 22.5. The van der Waals surface area contributed by atoms with Gasteiger partial charge in [-0.3, -0.25) is 0 Å². The molecule has 1 aromatic heterocycles. The monoisotopic (exact) mass is 544 g/mol. The lowest BCUT2D eigenvalue weighted by atomic mass is 9.76. The van der Waals surface area contributed by atoms with Crippen LogP contribution in [0.5, 0.6) is 0 Å². The molecule has 1 heterocycles. The summed E-state index contributed by atoms with van der Waals surface area (Å²) in [6.07, 6.45) is 6.84. The van der Waals surface area contributed by atoms with Crippen LogP contribution in [0.3, 0.4) is 0 Å². The van der Waals surface area contributed by atoms with Crippen LogP contribution in [-0.4, -0.2) is 27.5 Å². The molecule has 4 nitrogen and oxygen atoms in total. The number of nitrogens with one attached hydrogen (secondary N) is 2. The van der Waals surface area contributed by atoms with Gasteiger partial charge in [0.1, 0.15) is 16.5 Å².